The summed E-state index contributed by atoms with van der Waals surface area (Å²) in [5.74, 6) is 0.240. The average molecular weight is 433 g/mol. The third kappa shape index (κ3) is 5.11. The first-order valence-electron chi connectivity index (χ1n) is 8.50. The van der Waals surface area contributed by atoms with Crippen molar-refractivity contribution in [3.05, 3.63) is 63.9 Å². The van der Waals surface area contributed by atoms with Gasteiger partial charge in [0.2, 0.25) is 5.95 Å². The van der Waals surface area contributed by atoms with E-state index in [0.717, 1.165) is 5.06 Å². The fourth-order valence-corrected chi connectivity index (χ4v) is 3.35. The van der Waals surface area contributed by atoms with Crippen LogP contribution in [0.15, 0.2) is 53.8 Å². The quantitative estimate of drug-likeness (QED) is 0.295. The fourth-order valence-electron chi connectivity index (χ4n) is 2.33. The molecule has 0 spiro atoms. The van der Waals surface area contributed by atoms with Gasteiger partial charge in [-0.25, -0.2) is 15.0 Å². The minimum Gasteiger partial charge on any atom is -0.324 e. The molecule has 3 aromatic rings. The van der Waals surface area contributed by atoms with Crippen molar-refractivity contribution in [1.29, 1.82) is 0 Å². The number of nitrogens with zero attached hydrogens (tertiary/aromatic N) is 5. The molecule has 0 radical (unpaired) electrons. The van der Waals surface area contributed by atoms with Gasteiger partial charge in [-0.15, -0.1) is 11.8 Å². The van der Waals surface area contributed by atoms with E-state index in [-0.39, 0.29) is 27.7 Å². The first kappa shape index (κ1) is 20.8. The maximum atomic E-state index is 10.8. The lowest BCUT2D eigenvalue weighted by molar-refractivity contribution is -0.384. The highest BCUT2D eigenvalue weighted by Gasteiger charge is 2.19. The van der Waals surface area contributed by atoms with Gasteiger partial charge < -0.3 is 5.32 Å². The van der Waals surface area contributed by atoms with Crippen molar-refractivity contribution in [2.45, 2.75) is 24.1 Å². The van der Waals surface area contributed by atoms with E-state index in [9.17, 15) is 15.3 Å². The molecule has 11 heteroatoms. The van der Waals surface area contributed by atoms with E-state index in [4.69, 9.17) is 11.6 Å². The van der Waals surface area contributed by atoms with Crippen LogP contribution >= 0.6 is 23.4 Å². The van der Waals surface area contributed by atoms with Gasteiger partial charge >= 0.3 is 0 Å². The van der Waals surface area contributed by atoms with E-state index >= 15 is 0 Å². The number of nitro groups is 1. The van der Waals surface area contributed by atoms with E-state index in [1.807, 2.05) is 13.8 Å². The van der Waals surface area contributed by atoms with Crippen LogP contribution in [0.4, 0.5) is 28.8 Å². The molecule has 0 amide bonds. The molecule has 0 aliphatic carbocycles. The van der Waals surface area contributed by atoms with Gasteiger partial charge in [-0.2, -0.15) is 4.98 Å². The van der Waals surface area contributed by atoms with Crippen molar-refractivity contribution < 1.29 is 10.1 Å². The van der Waals surface area contributed by atoms with Gasteiger partial charge in [0, 0.05) is 29.3 Å². The van der Waals surface area contributed by atoms with Crippen LogP contribution in [0.2, 0.25) is 5.02 Å². The van der Waals surface area contributed by atoms with Crippen LogP contribution in [-0.2, 0) is 0 Å². The molecule has 0 atom stereocenters. The maximum absolute atomic E-state index is 10.8. The van der Waals surface area contributed by atoms with Crippen LogP contribution in [0.25, 0.3) is 0 Å². The molecule has 0 unspecified atom stereocenters. The Balaban J connectivity index is 1.88. The first-order valence-corrected chi connectivity index (χ1v) is 9.75. The van der Waals surface area contributed by atoms with E-state index in [2.05, 4.69) is 20.3 Å². The summed E-state index contributed by atoms with van der Waals surface area (Å²) in [6.45, 7) is 4.05. The normalized spacial score (nSPS) is 10.8. The summed E-state index contributed by atoms with van der Waals surface area (Å²) in [5, 5.41) is 26.3. The number of non-ortho nitro benzene ring substituents is 1. The predicted octanol–water partition coefficient (Wildman–Crippen LogP) is 5.20. The van der Waals surface area contributed by atoms with Gasteiger partial charge in [-0.1, -0.05) is 25.4 Å². The number of aromatic nitrogens is 3. The smallest absolute Gasteiger partial charge is 0.269 e. The lowest BCUT2D eigenvalue weighted by atomic mass is 10.3. The predicted molar refractivity (Wildman–Crippen MR) is 113 cm³/mol. The summed E-state index contributed by atoms with van der Waals surface area (Å²) in [5.41, 5.74) is 0.959. The van der Waals surface area contributed by atoms with Crippen LogP contribution < -0.4 is 10.4 Å². The second kappa shape index (κ2) is 9.03. The zero-order valence-corrected chi connectivity index (χ0v) is 17.1. The summed E-state index contributed by atoms with van der Waals surface area (Å²) in [6, 6.07) is 9.20. The standard InChI is InChI=1S/C18H17ClN6O3S/c1-11(2)29-17-15(4-3-9-20-17)24(26)16-14(19)10-21-18(23-16)22-12-5-7-13(8-6-12)25(27)28/h3-11,26H,1-2H3,(H,21,22,23). The van der Waals surface area contributed by atoms with E-state index < -0.39 is 4.92 Å². The molecule has 2 N–H and O–H groups in total. The summed E-state index contributed by atoms with van der Waals surface area (Å²) in [4.78, 5) is 23.0. The second-order valence-electron chi connectivity index (χ2n) is 6.10. The van der Waals surface area contributed by atoms with Crippen molar-refractivity contribution in [3.63, 3.8) is 0 Å². The number of hydrogen-bond acceptors (Lipinski definition) is 9. The Morgan fingerprint density at radius 2 is 1.97 bits per heavy atom. The van der Waals surface area contributed by atoms with E-state index in [0.29, 0.717) is 16.4 Å². The van der Waals surface area contributed by atoms with Crippen molar-refractivity contribution in [2.24, 2.45) is 0 Å². The third-order valence-electron chi connectivity index (χ3n) is 3.59. The van der Waals surface area contributed by atoms with Crippen LogP contribution in [0, 0.1) is 10.1 Å². The summed E-state index contributed by atoms with van der Waals surface area (Å²) >= 11 is 7.70. The number of hydrogen-bond donors (Lipinski definition) is 2. The number of thioether (sulfide) groups is 1. The molecule has 150 valence electrons. The molecule has 9 nitrogen and oxygen atoms in total. The van der Waals surface area contributed by atoms with E-state index in [1.54, 1.807) is 18.3 Å². The maximum Gasteiger partial charge on any atom is 0.269 e. The van der Waals surface area contributed by atoms with Gasteiger partial charge in [0.1, 0.15) is 15.7 Å². The van der Waals surface area contributed by atoms with Gasteiger partial charge in [0.05, 0.1) is 11.1 Å². The number of nitrogens with one attached hydrogen (secondary N) is 1. The molecule has 0 fully saturated rings. The Morgan fingerprint density at radius 1 is 1.24 bits per heavy atom. The van der Waals surface area contributed by atoms with E-state index in [1.165, 1.54) is 42.2 Å². The molecule has 3 rings (SSSR count). The Kier molecular flexibility index (Phi) is 6.47. The SMILES string of the molecule is CC(C)Sc1ncccc1N(O)c1nc(Nc2ccc([N+](=O)[O-])cc2)ncc1Cl. The van der Waals surface area contributed by atoms with Gasteiger partial charge in [-0.3, -0.25) is 15.3 Å². The monoisotopic (exact) mass is 432 g/mol. The molecule has 0 aliphatic heterocycles. The molecule has 0 bridgehead atoms. The largest absolute Gasteiger partial charge is 0.324 e. The molecule has 0 aliphatic rings. The molecule has 0 saturated heterocycles. The van der Waals surface area contributed by atoms with Crippen molar-refractivity contribution in [3.8, 4) is 0 Å². The molecule has 2 heterocycles. The second-order valence-corrected chi connectivity index (χ2v) is 8.07. The molecule has 0 saturated carbocycles. The number of rotatable bonds is 7. The third-order valence-corrected chi connectivity index (χ3v) is 4.86. The highest BCUT2D eigenvalue weighted by Crippen LogP contribution is 2.35. The van der Waals surface area contributed by atoms with Crippen LogP contribution in [0.5, 0.6) is 0 Å². The highest BCUT2D eigenvalue weighted by atomic mass is 35.5. The lowest BCUT2D eigenvalue weighted by Gasteiger charge is -2.20. The van der Waals surface area contributed by atoms with Crippen LogP contribution in [0.1, 0.15) is 13.8 Å². The molecule has 2 aromatic heterocycles. The Labute approximate surface area is 175 Å². The zero-order chi connectivity index (χ0) is 21.0. The molecular weight excluding hydrogens is 416 g/mol. The number of nitro benzene ring substituents is 1. The number of benzene rings is 1. The van der Waals surface area contributed by atoms with Crippen molar-refractivity contribution >= 4 is 52.2 Å². The number of anilines is 4. The number of pyridine rings is 1. The minimum absolute atomic E-state index is 0.0263. The molecular formula is C18H17ClN6O3S. The Morgan fingerprint density at radius 3 is 2.62 bits per heavy atom. The van der Waals surface area contributed by atoms with Crippen LogP contribution in [0.3, 0.4) is 0 Å². The Bertz CT molecular complexity index is 1020. The Hall–Kier alpha value is -2.95. The zero-order valence-electron chi connectivity index (χ0n) is 15.5. The summed E-state index contributed by atoms with van der Waals surface area (Å²) in [7, 11) is 0. The van der Waals surface area contributed by atoms with Crippen molar-refractivity contribution in [2.75, 3.05) is 10.4 Å². The number of halogens is 1. The topological polar surface area (TPSA) is 117 Å². The fraction of sp³-hybridized carbons (Fsp3) is 0.167. The van der Waals surface area contributed by atoms with Crippen LogP contribution in [-0.4, -0.2) is 30.3 Å². The van der Waals surface area contributed by atoms with Gasteiger partial charge in [0.25, 0.3) is 5.69 Å². The highest BCUT2D eigenvalue weighted by molar-refractivity contribution is 7.99. The summed E-state index contributed by atoms with van der Waals surface area (Å²) in [6.07, 6.45) is 3.00. The first-order chi connectivity index (χ1) is 13.8. The molecule has 29 heavy (non-hydrogen) atoms. The molecule has 1 aromatic carbocycles. The average Bonchev–Trinajstić information content (AvgIpc) is 2.69. The summed E-state index contributed by atoms with van der Waals surface area (Å²) < 4.78 is 0. The van der Waals surface area contributed by atoms with Gasteiger partial charge in [0.15, 0.2) is 5.82 Å². The minimum atomic E-state index is -0.481. The van der Waals surface area contributed by atoms with Gasteiger partial charge in [-0.05, 0) is 24.3 Å². The van der Waals surface area contributed by atoms with Crippen molar-refractivity contribution in [1.82, 2.24) is 15.0 Å². The lowest BCUT2D eigenvalue weighted by Crippen LogP contribution is -2.15.